The lowest BCUT2D eigenvalue weighted by Gasteiger charge is -2.14. The Hall–Kier alpha value is -3.07. The van der Waals surface area contributed by atoms with Gasteiger partial charge >= 0.3 is 11.9 Å². The molecule has 2 aromatic carbocycles. The van der Waals surface area contributed by atoms with Crippen LogP contribution in [0, 0.1) is 0 Å². The van der Waals surface area contributed by atoms with E-state index in [1.54, 1.807) is 6.07 Å². The molecule has 0 unspecified atom stereocenters. The summed E-state index contributed by atoms with van der Waals surface area (Å²) < 4.78 is 42.6. The number of rotatable bonds is 7. The average molecular weight is 407 g/mol. The topological polar surface area (TPSA) is 108 Å². The maximum atomic E-state index is 12.9. The van der Waals surface area contributed by atoms with Crippen molar-refractivity contribution in [3.63, 3.8) is 0 Å². The molecule has 2 aromatic rings. The second-order valence-corrected chi connectivity index (χ2v) is 7.36. The van der Waals surface area contributed by atoms with Crippen molar-refractivity contribution in [2.24, 2.45) is 0 Å². The van der Waals surface area contributed by atoms with Crippen molar-refractivity contribution >= 4 is 27.6 Å². The molecule has 0 radical (unpaired) electrons. The van der Waals surface area contributed by atoms with Gasteiger partial charge in [0.1, 0.15) is 5.75 Å². The number of hydrogen-bond donors (Lipinski definition) is 1. The highest BCUT2D eigenvalue weighted by Gasteiger charge is 2.22. The number of anilines is 1. The van der Waals surface area contributed by atoms with Crippen LogP contribution >= 0.6 is 0 Å². The zero-order valence-electron chi connectivity index (χ0n) is 15.9. The Morgan fingerprint density at radius 1 is 0.964 bits per heavy atom. The number of carbonyl (C=O) groups is 2. The van der Waals surface area contributed by atoms with Gasteiger partial charge in [0.25, 0.3) is 10.0 Å². The van der Waals surface area contributed by atoms with Crippen LogP contribution in [0.3, 0.4) is 0 Å². The van der Waals surface area contributed by atoms with Gasteiger partial charge in [-0.2, -0.15) is 0 Å². The van der Waals surface area contributed by atoms with E-state index < -0.39 is 22.0 Å². The summed E-state index contributed by atoms with van der Waals surface area (Å²) in [5.41, 5.74) is 0.658. The number of ether oxygens (including phenoxy) is 3. The lowest BCUT2D eigenvalue weighted by molar-refractivity contribution is 0.0587. The summed E-state index contributed by atoms with van der Waals surface area (Å²) in [4.78, 5) is 23.8. The number of benzene rings is 2. The molecule has 0 heterocycles. The van der Waals surface area contributed by atoms with Gasteiger partial charge in [-0.15, -0.1) is 0 Å². The van der Waals surface area contributed by atoms with E-state index in [-0.39, 0.29) is 21.7 Å². The van der Waals surface area contributed by atoms with Crippen LogP contribution in [0.1, 0.15) is 33.2 Å². The first kappa shape index (κ1) is 21.2. The first-order chi connectivity index (χ1) is 13.3. The zero-order valence-corrected chi connectivity index (χ0v) is 16.8. The van der Waals surface area contributed by atoms with E-state index in [0.29, 0.717) is 17.7 Å². The van der Waals surface area contributed by atoms with Crippen LogP contribution in [0.15, 0.2) is 41.3 Å². The van der Waals surface area contributed by atoms with Crippen molar-refractivity contribution in [2.45, 2.75) is 18.2 Å². The van der Waals surface area contributed by atoms with Gasteiger partial charge in [-0.25, -0.2) is 18.0 Å². The van der Waals surface area contributed by atoms with Gasteiger partial charge in [0.15, 0.2) is 0 Å². The lowest BCUT2D eigenvalue weighted by atomic mass is 10.1. The van der Waals surface area contributed by atoms with Crippen LogP contribution < -0.4 is 9.46 Å². The molecule has 0 aliphatic carbocycles. The Morgan fingerprint density at radius 2 is 1.64 bits per heavy atom. The summed E-state index contributed by atoms with van der Waals surface area (Å²) in [6, 6.07) is 8.30. The first-order valence-corrected chi connectivity index (χ1v) is 9.76. The predicted octanol–water partition coefficient (Wildman–Crippen LogP) is 2.63. The molecule has 0 aliphatic rings. The van der Waals surface area contributed by atoms with Crippen LogP contribution in [0.5, 0.6) is 5.75 Å². The first-order valence-electron chi connectivity index (χ1n) is 8.27. The van der Waals surface area contributed by atoms with E-state index in [2.05, 4.69) is 14.2 Å². The second kappa shape index (κ2) is 8.75. The molecular weight excluding hydrogens is 386 g/mol. The molecule has 28 heavy (non-hydrogen) atoms. The third kappa shape index (κ3) is 4.42. The fourth-order valence-electron chi connectivity index (χ4n) is 2.56. The minimum absolute atomic E-state index is 0.00978. The maximum Gasteiger partial charge on any atom is 0.339 e. The van der Waals surface area contributed by atoms with E-state index in [1.807, 2.05) is 6.92 Å². The van der Waals surface area contributed by atoms with Gasteiger partial charge in [0.2, 0.25) is 0 Å². The molecule has 2 rings (SSSR count). The predicted molar refractivity (Wildman–Crippen MR) is 102 cm³/mol. The second-order valence-electron chi connectivity index (χ2n) is 5.68. The van der Waals surface area contributed by atoms with Gasteiger partial charge in [-0.3, -0.25) is 4.72 Å². The Labute approximate surface area is 163 Å². The number of aryl methyl sites for hydroxylation is 1. The molecule has 1 N–H and O–H groups in total. The van der Waals surface area contributed by atoms with Crippen LogP contribution in [-0.4, -0.2) is 41.7 Å². The van der Waals surface area contributed by atoms with Crippen molar-refractivity contribution < 1.29 is 32.2 Å². The van der Waals surface area contributed by atoms with Gasteiger partial charge in [0, 0.05) is 0 Å². The molecule has 0 saturated carbocycles. The minimum atomic E-state index is -4.05. The quantitative estimate of drug-likeness (QED) is 0.703. The van der Waals surface area contributed by atoms with E-state index in [0.717, 1.165) is 0 Å². The Morgan fingerprint density at radius 3 is 2.21 bits per heavy atom. The average Bonchev–Trinajstić information content (AvgIpc) is 2.71. The molecule has 150 valence electrons. The molecule has 9 heteroatoms. The molecule has 0 amide bonds. The Balaban J connectivity index is 2.52. The smallest absolute Gasteiger partial charge is 0.339 e. The van der Waals surface area contributed by atoms with Crippen molar-refractivity contribution in [3.8, 4) is 5.75 Å². The minimum Gasteiger partial charge on any atom is -0.496 e. The van der Waals surface area contributed by atoms with E-state index >= 15 is 0 Å². The largest absolute Gasteiger partial charge is 0.496 e. The van der Waals surface area contributed by atoms with Gasteiger partial charge < -0.3 is 14.2 Å². The molecule has 8 nitrogen and oxygen atoms in total. The molecule has 0 aliphatic heterocycles. The summed E-state index contributed by atoms with van der Waals surface area (Å²) in [5.74, 6) is -0.850. The van der Waals surface area contributed by atoms with E-state index in [1.165, 1.54) is 51.7 Å². The van der Waals surface area contributed by atoms with Crippen LogP contribution in [0.2, 0.25) is 0 Å². The third-order valence-electron chi connectivity index (χ3n) is 4.03. The summed E-state index contributed by atoms with van der Waals surface area (Å²) in [5, 5.41) is 0. The SMILES string of the molecule is CCc1cc(S(=O)(=O)Nc2cc(C(=O)OC)ccc2C(=O)OC)ccc1OC. The van der Waals surface area contributed by atoms with Gasteiger partial charge in [-0.1, -0.05) is 6.92 Å². The Bertz CT molecular complexity index is 999. The third-order valence-corrected chi connectivity index (χ3v) is 5.40. The highest BCUT2D eigenvalue weighted by molar-refractivity contribution is 7.92. The fraction of sp³-hybridized carbons (Fsp3) is 0.263. The lowest BCUT2D eigenvalue weighted by Crippen LogP contribution is -2.17. The summed E-state index contributed by atoms with van der Waals surface area (Å²) in [7, 11) is -0.177. The standard InChI is InChI=1S/C19H21NO7S/c1-5-12-10-14(7-9-17(12)25-2)28(23,24)20-16-11-13(18(21)26-3)6-8-15(16)19(22)27-4/h6-11,20H,5H2,1-4H3. The van der Waals surface area contributed by atoms with E-state index in [9.17, 15) is 18.0 Å². The van der Waals surface area contributed by atoms with Crippen LogP contribution in [0.4, 0.5) is 5.69 Å². The maximum absolute atomic E-state index is 12.9. The van der Waals surface area contributed by atoms with Crippen molar-refractivity contribution in [1.29, 1.82) is 0 Å². The fourth-order valence-corrected chi connectivity index (χ4v) is 3.68. The number of hydrogen-bond acceptors (Lipinski definition) is 7. The molecular formula is C19H21NO7S. The zero-order chi connectivity index (χ0) is 20.9. The monoisotopic (exact) mass is 407 g/mol. The van der Waals surface area contributed by atoms with Crippen molar-refractivity contribution in [3.05, 3.63) is 53.1 Å². The summed E-state index contributed by atoms with van der Waals surface area (Å²) in [6.07, 6.45) is 0.567. The van der Waals surface area contributed by atoms with Gasteiger partial charge in [0.05, 0.1) is 43.0 Å². The highest BCUT2D eigenvalue weighted by atomic mass is 32.2. The molecule has 0 spiro atoms. The molecule has 0 aromatic heterocycles. The molecule has 0 bridgehead atoms. The Kier molecular flexibility index (Phi) is 6.63. The normalized spacial score (nSPS) is 10.9. The number of nitrogens with one attached hydrogen (secondary N) is 1. The summed E-state index contributed by atoms with van der Waals surface area (Å²) >= 11 is 0. The van der Waals surface area contributed by atoms with Crippen LogP contribution in [-0.2, 0) is 25.9 Å². The highest BCUT2D eigenvalue weighted by Crippen LogP contribution is 2.26. The van der Waals surface area contributed by atoms with Crippen molar-refractivity contribution in [1.82, 2.24) is 0 Å². The van der Waals surface area contributed by atoms with Crippen molar-refractivity contribution in [2.75, 3.05) is 26.1 Å². The number of esters is 2. The summed E-state index contributed by atoms with van der Waals surface area (Å²) in [6.45, 7) is 1.87. The van der Waals surface area contributed by atoms with Gasteiger partial charge in [-0.05, 0) is 48.4 Å². The number of sulfonamides is 1. The number of carbonyl (C=O) groups excluding carboxylic acids is 2. The number of methoxy groups -OCH3 is 3. The molecule has 0 fully saturated rings. The molecule has 0 saturated heterocycles. The molecule has 0 atom stereocenters. The van der Waals surface area contributed by atoms with E-state index in [4.69, 9.17) is 4.74 Å². The van der Waals surface area contributed by atoms with Crippen LogP contribution in [0.25, 0.3) is 0 Å².